The lowest BCUT2D eigenvalue weighted by Crippen LogP contribution is -2.25. The minimum absolute atomic E-state index is 0.0824. The largest absolute Gasteiger partial charge is 0.424 e. The standard InChI is InChI=1S/C13H16FN5O/c1-3-19(4-2)12-16-11(15)17-13(18-12)20-10-7-5-9(14)6-8-10/h5-8H,3-4H2,1-2H3,(H2,15,16,17,18). The highest BCUT2D eigenvalue weighted by Gasteiger charge is 2.11. The van der Waals surface area contributed by atoms with Crippen LogP contribution in [-0.4, -0.2) is 28.0 Å². The SMILES string of the molecule is CCN(CC)c1nc(N)nc(Oc2ccc(F)cc2)n1. The van der Waals surface area contributed by atoms with Gasteiger partial charge in [0.1, 0.15) is 11.6 Å². The Bertz CT molecular complexity index is 571. The quantitative estimate of drug-likeness (QED) is 0.903. The number of aromatic nitrogens is 3. The number of nitrogens with two attached hydrogens (primary N) is 1. The van der Waals surface area contributed by atoms with Gasteiger partial charge < -0.3 is 15.4 Å². The molecule has 2 rings (SSSR count). The van der Waals surface area contributed by atoms with Gasteiger partial charge in [0.25, 0.3) is 0 Å². The van der Waals surface area contributed by atoms with Crippen LogP contribution in [0, 0.1) is 5.82 Å². The van der Waals surface area contributed by atoms with Crippen molar-refractivity contribution in [1.82, 2.24) is 15.0 Å². The van der Waals surface area contributed by atoms with Crippen LogP contribution in [0.2, 0.25) is 0 Å². The van der Waals surface area contributed by atoms with Crippen LogP contribution in [0.5, 0.6) is 11.8 Å². The molecule has 1 heterocycles. The van der Waals surface area contributed by atoms with Gasteiger partial charge in [0.2, 0.25) is 11.9 Å². The summed E-state index contributed by atoms with van der Waals surface area (Å²) in [5.74, 6) is 0.637. The van der Waals surface area contributed by atoms with Crippen LogP contribution in [0.15, 0.2) is 24.3 Å². The minimum Gasteiger partial charge on any atom is -0.424 e. The second kappa shape index (κ2) is 6.14. The molecule has 0 atom stereocenters. The Morgan fingerprint density at radius 1 is 1.10 bits per heavy atom. The second-order valence-corrected chi connectivity index (χ2v) is 4.00. The Kier molecular flexibility index (Phi) is 4.29. The van der Waals surface area contributed by atoms with Crippen molar-refractivity contribution in [3.8, 4) is 11.8 Å². The van der Waals surface area contributed by atoms with Gasteiger partial charge in [0.15, 0.2) is 0 Å². The van der Waals surface area contributed by atoms with Crippen molar-refractivity contribution >= 4 is 11.9 Å². The average Bonchev–Trinajstić information content (AvgIpc) is 2.42. The molecule has 0 saturated heterocycles. The maximum absolute atomic E-state index is 12.8. The van der Waals surface area contributed by atoms with Crippen molar-refractivity contribution < 1.29 is 9.13 Å². The lowest BCUT2D eigenvalue weighted by molar-refractivity contribution is 0.439. The number of hydrogen-bond acceptors (Lipinski definition) is 6. The normalized spacial score (nSPS) is 10.3. The first kappa shape index (κ1) is 14.0. The lowest BCUT2D eigenvalue weighted by Gasteiger charge is -2.18. The molecule has 0 saturated carbocycles. The van der Waals surface area contributed by atoms with Crippen LogP contribution in [0.4, 0.5) is 16.3 Å². The molecule has 20 heavy (non-hydrogen) atoms. The number of benzene rings is 1. The first-order valence-electron chi connectivity index (χ1n) is 6.32. The van der Waals surface area contributed by atoms with Crippen molar-refractivity contribution in [2.75, 3.05) is 23.7 Å². The monoisotopic (exact) mass is 277 g/mol. The average molecular weight is 277 g/mol. The highest BCUT2D eigenvalue weighted by molar-refractivity contribution is 5.36. The van der Waals surface area contributed by atoms with E-state index in [2.05, 4.69) is 15.0 Å². The summed E-state index contributed by atoms with van der Waals surface area (Å²) in [5.41, 5.74) is 5.66. The summed E-state index contributed by atoms with van der Waals surface area (Å²) in [6.45, 7) is 5.47. The van der Waals surface area contributed by atoms with Gasteiger partial charge in [-0.3, -0.25) is 0 Å². The molecule has 0 fully saturated rings. The fourth-order valence-electron chi connectivity index (χ4n) is 1.66. The number of halogens is 1. The van der Waals surface area contributed by atoms with E-state index in [0.29, 0.717) is 11.7 Å². The third kappa shape index (κ3) is 3.31. The van der Waals surface area contributed by atoms with Crippen molar-refractivity contribution in [3.05, 3.63) is 30.1 Å². The zero-order valence-electron chi connectivity index (χ0n) is 11.4. The van der Waals surface area contributed by atoms with Crippen molar-refractivity contribution in [2.45, 2.75) is 13.8 Å². The molecule has 0 radical (unpaired) electrons. The number of ether oxygens (including phenoxy) is 1. The zero-order chi connectivity index (χ0) is 14.5. The summed E-state index contributed by atoms with van der Waals surface area (Å²) in [6, 6.07) is 5.67. The number of nitrogens with zero attached hydrogens (tertiary/aromatic N) is 4. The van der Waals surface area contributed by atoms with Crippen molar-refractivity contribution in [1.29, 1.82) is 0 Å². The van der Waals surface area contributed by atoms with E-state index in [1.54, 1.807) is 0 Å². The summed E-state index contributed by atoms with van der Waals surface area (Å²) in [5, 5.41) is 0. The Balaban J connectivity index is 2.25. The smallest absolute Gasteiger partial charge is 0.328 e. The third-order valence-electron chi connectivity index (χ3n) is 2.69. The fourth-order valence-corrected chi connectivity index (χ4v) is 1.66. The first-order chi connectivity index (χ1) is 9.62. The number of anilines is 2. The molecular formula is C13H16FN5O. The summed E-state index contributed by atoms with van der Waals surface area (Å²) in [4.78, 5) is 14.1. The maximum Gasteiger partial charge on any atom is 0.328 e. The van der Waals surface area contributed by atoms with E-state index >= 15 is 0 Å². The highest BCUT2D eigenvalue weighted by atomic mass is 19.1. The molecule has 2 N–H and O–H groups in total. The summed E-state index contributed by atoms with van der Waals surface area (Å²) >= 11 is 0. The first-order valence-corrected chi connectivity index (χ1v) is 6.32. The molecule has 2 aromatic rings. The zero-order valence-corrected chi connectivity index (χ0v) is 11.4. The Hall–Kier alpha value is -2.44. The molecular weight excluding hydrogens is 261 g/mol. The van der Waals surface area contributed by atoms with E-state index in [-0.39, 0.29) is 17.8 Å². The molecule has 0 spiro atoms. The summed E-state index contributed by atoms with van der Waals surface area (Å²) in [7, 11) is 0. The Labute approximate surface area is 116 Å². The second-order valence-electron chi connectivity index (χ2n) is 4.00. The molecule has 0 unspecified atom stereocenters. The fraction of sp³-hybridized carbons (Fsp3) is 0.308. The Morgan fingerprint density at radius 3 is 2.35 bits per heavy atom. The van der Waals surface area contributed by atoms with Gasteiger partial charge in [-0.05, 0) is 38.1 Å². The van der Waals surface area contributed by atoms with Crippen molar-refractivity contribution in [2.24, 2.45) is 0 Å². The highest BCUT2D eigenvalue weighted by Crippen LogP contribution is 2.20. The van der Waals surface area contributed by atoms with Gasteiger partial charge in [0.05, 0.1) is 0 Å². The van der Waals surface area contributed by atoms with E-state index in [0.717, 1.165) is 13.1 Å². The maximum atomic E-state index is 12.8. The number of nitrogen functional groups attached to an aromatic ring is 1. The van der Waals surface area contributed by atoms with E-state index in [1.807, 2.05) is 18.7 Å². The number of rotatable bonds is 5. The van der Waals surface area contributed by atoms with Crippen LogP contribution < -0.4 is 15.4 Å². The van der Waals surface area contributed by atoms with E-state index in [1.165, 1.54) is 24.3 Å². The molecule has 1 aromatic heterocycles. The van der Waals surface area contributed by atoms with Crippen molar-refractivity contribution in [3.63, 3.8) is 0 Å². The van der Waals surface area contributed by atoms with Crippen LogP contribution in [-0.2, 0) is 0 Å². The van der Waals surface area contributed by atoms with E-state index in [4.69, 9.17) is 10.5 Å². The molecule has 7 heteroatoms. The van der Waals surface area contributed by atoms with Gasteiger partial charge in [-0.2, -0.15) is 15.0 Å². The van der Waals surface area contributed by atoms with Crippen LogP contribution in [0.25, 0.3) is 0 Å². The summed E-state index contributed by atoms with van der Waals surface area (Å²) in [6.07, 6.45) is 0. The van der Waals surface area contributed by atoms with Crippen LogP contribution >= 0.6 is 0 Å². The van der Waals surface area contributed by atoms with Gasteiger partial charge in [-0.1, -0.05) is 0 Å². The van der Waals surface area contributed by atoms with E-state index in [9.17, 15) is 4.39 Å². The van der Waals surface area contributed by atoms with Gasteiger partial charge in [-0.15, -0.1) is 0 Å². The minimum atomic E-state index is -0.337. The molecule has 1 aromatic carbocycles. The molecule has 0 bridgehead atoms. The topological polar surface area (TPSA) is 77.2 Å². The lowest BCUT2D eigenvalue weighted by atomic mass is 10.3. The molecule has 0 aliphatic rings. The van der Waals surface area contributed by atoms with Gasteiger partial charge >= 0.3 is 6.01 Å². The summed E-state index contributed by atoms with van der Waals surface area (Å²) < 4.78 is 18.3. The molecule has 106 valence electrons. The van der Waals surface area contributed by atoms with Crippen LogP contribution in [0.3, 0.4) is 0 Å². The van der Waals surface area contributed by atoms with Gasteiger partial charge in [-0.25, -0.2) is 4.39 Å². The van der Waals surface area contributed by atoms with Gasteiger partial charge in [0, 0.05) is 13.1 Å². The van der Waals surface area contributed by atoms with E-state index < -0.39 is 0 Å². The molecule has 0 aliphatic heterocycles. The predicted octanol–water partition coefficient (Wildman–Crippen LogP) is 2.23. The molecule has 6 nitrogen and oxygen atoms in total. The number of hydrogen-bond donors (Lipinski definition) is 1. The Morgan fingerprint density at radius 2 is 1.75 bits per heavy atom. The third-order valence-corrected chi connectivity index (χ3v) is 2.69. The predicted molar refractivity (Wildman–Crippen MR) is 74.3 cm³/mol. The van der Waals surface area contributed by atoms with Crippen LogP contribution in [0.1, 0.15) is 13.8 Å². The molecule has 0 amide bonds. The molecule has 0 aliphatic carbocycles.